The summed E-state index contributed by atoms with van der Waals surface area (Å²) in [5.41, 5.74) is 8.21. The first kappa shape index (κ1) is 12.0. The second-order valence-electron chi connectivity index (χ2n) is 4.94. The molecular formula is C14H16FNO. The van der Waals surface area contributed by atoms with E-state index in [1.54, 1.807) is 6.07 Å². The lowest BCUT2D eigenvalue weighted by atomic mass is 9.82. The Kier molecular flexibility index (Phi) is 3.11. The van der Waals surface area contributed by atoms with Gasteiger partial charge in [-0.25, -0.2) is 4.39 Å². The van der Waals surface area contributed by atoms with Crippen LogP contribution in [-0.4, -0.2) is 11.8 Å². The highest BCUT2D eigenvalue weighted by Crippen LogP contribution is 2.32. The number of hydrogen-bond donors (Lipinski definition) is 1. The molecule has 1 unspecified atom stereocenters. The predicted molar refractivity (Wildman–Crippen MR) is 66.2 cm³/mol. The average molecular weight is 233 g/mol. The monoisotopic (exact) mass is 233 g/mol. The Labute approximate surface area is 100 Å². The van der Waals surface area contributed by atoms with Crippen LogP contribution in [0, 0.1) is 5.82 Å². The highest BCUT2D eigenvalue weighted by atomic mass is 19.1. The van der Waals surface area contributed by atoms with E-state index in [1.165, 1.54) is 12.1 Å². The second-order valence-corrected chi connectivity index (χ2v) is 4.94. The number of allylic oxidation sites excluding steroid dienone is 1. The first-order valence-corrected chi connectivity index (χ1v) is 5.75. The molecule has 1 aliphatic rings. The van der Waals surface area contributed by atoms with Gasteiger partial charge in [0.25, 0.3) is 0 Å². The van der Waals surface area contributed by atoms with Gasteiger partial charge in [-0.1, -0.05) is 12.1 Å². The van der Waals surface area contributed by atoms with Gasteiger partial charge in [-0.2, -0.15) is 0 Å². The Morgan fingerprint density at radius 3 is 2.82 bits per heavy atom. The first-order chi connectivity index (χ1) is 8.02. The Bertz CT molecular complexity index is 477. The fourth-order valence-corrected chi connectivity index (χ4v) is 2.15. The molecule has 17 heavy (non-hydrogen) atoms. The summed E-state index contributed by atoms with van der Waals surface area (Å²) < 4.78 is 13.0. The van der Waals surface area contributed by atoms with Gasteiger partial charge in [0.15, 0.2) is 6.29 Å². The van der Waals surface area contributed by atoms with Crippen LogP contribution in [0.3, 0.4) is 0 Å². The van der Waals surface area contributed by atoms with Gasteiger partial charge < -0.3 is 5.73 Å². The SMILES string of the molecule is CC1(N)CC=C(c2ccc(F)cc2C=O)CC1. The Morgan fingerprint density at radius 2 is 2.24 bits per heavy atom. The van der Waals surface area contributed by atoms with E-state index in [2.05, 4.69) is 6.08 Å². The van der Waals surface area contributed by atoms with E-state index in [9.17, 15) is 9.18 Å². The summed E-state index contributed by atoms with van der Waals surface area (Å²) in [7, 11) is 0. The van der Waals surface area contributed by atoms with E-state index < -0.39 is 0 Å². The minimum atomic E-state index is -0.379. The highest BCUT2D eigenvalue weighted by molar-refractivity contribution is 5.85. The molecule has 0 aromatic heterocycles. The number of carbonyl (C=O) groups is 1. The molecule has 0 saturated heterocycles. The molecule has 2 rings (SSSR count). The number of nitrogens with two attached hydrogens (primary N) is 1. The van der Waals surface area contributed by atoms with Crippen LogP contribution in [0.4, 0.5) is 4.39 Å². The lowest BCUT2D eigenvalue weighted by Crippen LogP contribution is -2.37. The van der Waals surface area contributed by atoms with Crippen LogP contribution >= 0.6 is 0 Å². The van der Waals surface area contributed by atoms with E-state index in [0.29, 0.717) is 11.8 Å². The molecule has 0 fully saturated rings. The first-order valence-electron chi connectivity index (χ1n) is 5.75. The molecule has 1 aromatic rings. The number of carbonyl (C=O) groups excluding carboxylic acids is 1. The maximum absolute atomic E-state index is 13.0. The topological polar surface area (TPSA) is 43.1 Å². The summed E-state index contributed by atoms with van der Waals surface area (Å²) in [5, 5.41) is 0. The summed E-state index contributed by atoms with van der Waals surface area (Å²) in [6, 6.07) is 4.34. The summed E-state index contributed by atoms with van der Waals surface area (Å²) in [6.45, 7) is 2.02. The van der Waals surface area contributed by atoms with Crippen LogP contribution in [0.1, 0.15) is 42.1 Å². The third kappa shape index (κ3) is 2.61. The molecule has 1 aromatic carbocycles. The third-order valence-electron chi connectivity index (χ3n) is 3.27. The number of halogens is 1. The Hall–Kier alpha value is -1.48. The van der Waals surface area contributed by atoms with Gasteiger partial charge in [0, 0.05) is 11.1 Å². The van der Waals surface area contributed by atoms with Crippen molar-refractivity contribution >= 4 is 11.9 Å². The zero-order chi connectivity index (χ0) is 12.5. The zero-order valence-electron chi connectivity index (χ0n) is 9.87. The molecule has 1 aliphatic carbocycles. The smallest absolute Gasteiger partial charge is 0.150 e. The van der Waals surface area contributed by atoms with Crippen molar-refractivity contribution in [2.24, 2.45) is 5.73 Å². The molecule has 2 N–H and O–H groups in total. The van der Waals surface area contributed by atoms with Gasteiger partial charge in [-0.05, 0) is 49.5 Å². The Morgan fingerprint density at radius 1 is 1.47 bits per heavy atom. The molecular weight excluding hydrogens is 217 g/mol. The Balaban J connectivity index is 2.35. The van der Waals surface area contributed by atoms with Gasteiger partial charge in [0.05, 0.1) is 0 Å². The van der Waals surface area contributed by atoms with Crippen molar-refractivity contribution in [3.63, 3.8) is 0 Å². The largest absolute Gasteiger partial charge is 0.325 e. The van der Waals surface area contributed by atoms with Gasteiger partial charge in [-0.3, -0.25) is 4.79 Å². The molecule has 0 spiro atoms. The molecule has 0 saturated carbocycles. The van der Waals surface area contributed by atoms with E-state index in [4.69, 9.17) is 5.73 Å². The quantitative estimate of drug-likeness (QED) is 0.798. The summed E-state index contributed by atoms with van der Waals surface area (Å²) in [6.07, 6.45) is 5.27. The predicted octanol–water partition coefficient (Wildman–Crippen LogP) is 2.92. The highest BCUT2D eigenvalue weighted by Gasteiger charge is 2.23. The molecule has 1 atom stereocenters. The normalized spacial score (nSPS) is 24.3. The maximum atomic E-state index is 13.0. The van der Waals surface area contributed by atoms with E-state index in [0.717, 1.165) is 30.4 Å². The minimum Gasteiger partial charge on any atom is -0.325 e. The van der Waals surface area contributed by atoms with Gasteiger partial charge >= 0.3 is 0 Å². The number of aldehydes is 1. The van der Waals surface area contributed by atoms with Crippen LogP contribution in [0.5, 0.6) is 0 Å². The lowest BCUT2D eigenvalue weighted by Gasteiger charge is -2.29. The van der Waals surface area contributed by atoms with Crippen LogP contribution in [0.2, 0.25) is 0 Å². The molecule has 0 heterocycles. The molecule has 90 valence electrons. The van der Waals surface area contributed by atoms with Crippen molar-refractivity contribution < 1.29 is 9.18 Å². The summed E-state index contributed by atoms with van der Waals surface area (Å²) in [4.78, 5) is 10.9. The summed E-state index contributed by atoms with van der Waals surface area (Å²) in [5.74, 6) is -0.379. The van der Waals surface area contributed by atoms with Gasteiger partial charge in [0.2, 0.25) is 0 Å². The van der Waals surface area contributed by atoms with Crippen LogP contribution in [0.25, 0.3) is 5.57 Å². The van der Waals surface area contributed by atoms with Crippen LogP contribution in [0.15, 0.2) is 24.3 Å². The molecule has 2 nitrogen and oxygen atoms in total. The van der Waals surface area contributed by atoms with Gasteiger partial charge in [-0.15, -0.1) is 0 Å². The van der Waals surface area contributed by atoms with Crippen molar-refractivity contribution in [3.05, 3.63) is 41.2 Å². The fourth-order valence-electron chi connectivity index (χ4n) is 2.15. The van der Waals surface area contributed by atoms with Crippen molar-refractivity contribution in [2.45, 2.75) is 31.7 Å². The molecule has 0 amide bonds. The van der Waals surface area contributed by atoms with E-state index in [1.807, 2.05) is 6.92 Å². The average Bonchev–Trinajstić information content (AvgIpc) is 2.29. The number of benzene rings is 1. The van der Waals surface area contributed by atoms with Crippen LogP contribution < -0.4 is 5.73 Å². The van der Waals surface area contributed by atoms with Crippen molar-refractivity contribution in [2.75, 3.05) is 0 Å². The standard InChI is InChI=1S/C14H16FNO/c1-14(16)6-4-10(5-7-14)13-3-2-12(15)8-11(13)9-17/h2-4,8-9H,5-7,16H2,1H3. The molecule has 0 radical (unpaired) electrons. The van der Waals surface area contributed by atoms with Crippen molar-refractivity contribution in [3.8, 4) is 0 Å². The zero-order valence-corrected chi connectivity index (χ0v) is 9.87. The fraction of sp³-hybridized carbons (Fsp3) is 0.357. The summed E-state index contributed by atoms with van der Waals surface area (Å²) >= 11 is 0. The van der Waals surface area contributed by atoms with Gasteiger partial charge in [0.1, 0.15) is 5.82 Å². The minimum absolute atomic E-state index is 0.162. The van der Waals surface area contributed by atoms with E-state index in [-0.39, 0.29) is 11.4 Å². The lowest BCUT2D eigenvalue weighted by molar-refractivity contribution is 0.112. The maximum Gasteiger partial charge on any atom is 0.150 e. The van der Waals surface area contributed by atoms with E-state index >= 15 is 0 Å². The second kappa shape index (κ2) is 4.41. The molecule has 3 heteroatoms. The number of hydrogen-bond acceptors (Lipinski definition) is 2. The van der Waals surface area contributed by atoms with Crippen LogP contribution in [-0.2, 0) is 0 Å². The molecule has 0 aliphatic heterocycles. The third-order valence-corrected chi connectivity index (χ3v) is 3.27. The van der Waals surface area contributed by atoms with Crippen molar-refractivity contribution in [1.29, 1.82) is 0 Å². The van der Waals surface area contributed by atoms with Crippen molar-refractivity contribution in [1.82, 2.24) is 0 Å². The molecule has 0 bridgehead atoms. The number of rotatable bonds is 2.